The highest BCUT2D eigenvalue weighted by molar-refractivity contribution is 5.19. The third-order valence-corrected chi connectivity index (χ3v) is 2.90. The van der Waals surface area contributed by atoms with E-state index in [9.17, 15) is 5.11 Å². The zero-order chi connectivity index (χ0) is 10.1. The summed E-state index contributed by atoms with van der Waals surface area (Å²) >= 11 is 0. The number of aliphatic hydroxyl groups excluding tert-OH is 2. The van der Waals surface area contributed by atoms with E-state index in [0.717, 1.165) is 18.4 Å². The summed E-state index contributed by atoms with van der Waals surface area (Å²) in [6.45, 7) is 6.23. The van der Waals surface area contributed by atoms with Gasteiger partial charge in [0.25, 0.3) is 0 Å². The van der Waals surface area contributed by atoms with E-state index >= 15 is 0 Å². The van der Waals surface area contributed by atoms with Crippen LogP contribution in [0.2, 0.25) is 0 Å². The van der Waals surface area contributed by atoms with Crippen LogP contribution in [0.5, 0.6) is 0 Å². The van der Waals surface area contributed by atoms with Crippen LogP contribution in [0.25, 0.3) is 0 Å². The van der Waals surface area contributed by atoms with E-state index in [1.807, 2.05) is 6.92 Å². The van der Waals surface area contributed by atoms with Crippen molar-refractivity contribution in [2.75, 3.05) is 6.61 Å². The van der Waals surface area contributed by atoms with Gasteiger partial charge in [-0.05, 0) is 24.3 Å². The second-order valence-electron chi connectivity index (χ2n) is 4.70. The summed E-state index contributed by atoms with van der Waals surface area (Å²) in [6, 6.07) is 0. The summed E-state index contributed by atoms with van der Waals surface area (Å²) in [7, 11) is 0. The van der Waals surface area contributed by atoms with Crippen molar-refractivity contribution in [3.05, 3.63) is 11.6 Å². The lowest BCUT2D eigenvalue weighted by Crippen LogP contribution is -2.31. The molecule has 0 aromatic rings. The maximum atomic E-state index is 9.93. The van der Waals surface area contributed by atoms with Crippen LogP contribution in [-0.4, -0.2) is 22.9 Å². The van der Waals surface area contributed by atoms with Gasteiger partial charge in [0.1, 0.15) is 0 Å². The molecule has 0 bridgehead atoms. The Hall–Kier alpha value is -0.340. The Morgan fingerprint density at radius 2 is 2.23 bits per heavy atom. The topological polar surface area (TPSA) is 40.5 Å². The van der Waals surface area contributed by atoms with E-state index in [1.165, 1.54) is 0 Å². The second-order valence-corrected chi connectivity index (χ2v) is 4.70. The predicted octanol–water partition coefficient (Wildman–Crippen LogP) is 1.72. The highest BCUT2D eigenvalue weighted by Gasteiger charge is 2.40. The summed E-state index contributed by atoms with van der Waals surface area (Å²) in [5.41, 5.74) is 0.798. The highest BCUT2D eigenvalue weighted by atomic mass is 16.3. The summed E-state index contributed by atoms with van der Waals surface area (Å²) in [5.74, 6) is 0.477. The largest absolute Gasteiger partial charge is 0.396 e. The molecule has 1 fully saturated rings. The molecule has 76 valence electrons. The summed E-state index contributed by atoms with van der Waals surface area (Å²) < 4.78 is 0. The monoisotopic (exact) mass is 184 g/mol. The standard InChI is InChI=1S/C11H20O2/c1-8(2)6-9-4-5-11(3,7-12)10(9)13/h6,8,10,12-13H,4-5,7H2,1-3H3/b9-6+/t10-,11-/m1/s1. The highest BCUT2D eigenvalue weighted by Crippen LogP contribution is 2.41. The molecule has 1 aliphatic carbocycles. The smallest absolute Gasteiger partial charge is 0.0825 e. The van der Waals surface area contributed by atoms with E-state index in [1.54, 1.807) is 0 Å². The summed E-state index contributed by atoms with van der Waals surface area (Å²) in [5, 5.41) is 19.1. The van der Waals surface area contributed by atoms with Gasteiger partial charge in [-0.25, -0.2) is 0 Å². The van der Waals surface area contributed by atoms with Gasteiger partial charge in [0.15, 0.2) is 0 Å². The Morgan fingerprint density at radius 1 is 1.62 bits per heavy atom. The third-order valence-electron chi connectivity index (χ3n) is 2.90. The van der Waals surface area contributed by atoms with Gasteiger partial charge in [-0.3, -0.25) is 0 Å². The number of rotatable bonds is 2. The predicted molar refractivity (Wildman–Crippen MR) is 53.4 cm³/mol. The molecule has 0 heterocycles. The Kier molecular flexibility index (Phi) is 3.14. The quantitative estimate of drug-likeness (QED) is 0.641. The Balaban J connectivity index is 2.76. The molecule has 0 aromatic heterocycles. The molecule has 1 aliphatic rings. The lowest BCUT2D eigenvalue weighted by atomic mass is 9.87. The van der Waals surface area contributed by atoms with Crippen LogP contribution in [0.1, 0.15) is 33.6 Å². The van der Waals surface area contributed by atoms with Gasteiger partial charge in [-0.15, -0.1) is 0 Å². The molecule has 1 saturated carbocycles. The molecule has 0 aromatic carbocycles. The van der Waals surface area contributed by atoms with Crippen LogP contribution in [0.15, 0.2) is 11.6 Å². The average Bonchev–Trinajstić information content (AvgIpc) is 2.33. The summed E-state index contributed by atoms with van der Waals surface area (Å²) in [6.07, 6.45) is 3.49. The van der Waals surface area contributed by atoms with Crippen LogP contribution in [-0.2, 0) is 0 Å². The molecular formula is C11H20O2. The van der Waals surface area contributed by atoms with Gasteiger partial charge >= 0.3 is 0 Å². The zero-order valence-corrected chi connectivity index (χ0v) is 8.75. The van der Waals surface area contributed by atoms with Crippen LogP contribution in [0.4, 0.5) is 0 Å². The fourth-order valence-corrected chi connectivity index (χ4v) is 1.92. The molecular weight excluding hydrogens is 164 g/mol. The normalized spacial score (nSPS) is 37.7. The lowest BCUT2D eigenvalue weighted by Gasteiger charge is -2.25. The van der Waals surface area contributed by atoms with Crippen LogP contribution in [0, 0.1) is 11.3 Å². The molecule has 0 unspecified atom stereocenters. The van der Waals surface area contributed by atoms with Gasteiger partial charge in [0.2, 0.25) is 0 Å². The lowest BCUT2D eigenvalue weighted by molar-refractivity contribution is 0.0356. The Bertz CT molecular complexity index is 208. The van der Waals surface area contributed by atoms with Crippen LogP contribution < -0.4 is 0 Å². The first-order chi connectivity index (χ1) is 5.99. The van der Waals surface area contributed by atoms with Gasteiger partial charge in [0.05, 0.1) is 12.7 Å². The molecule has 0 amide bonds. The molecule has 1 rings (SSSR count). The average molecular weight is 184 g/mol. The SMILES string of the molecule is CC(C)/C=C1\CC[C@](C)(CO)[C@@H]1O. The minimum absolute atomic E-state index is 0.0730. The molecule has 0 spiro atoms. The maximum Gasteiger partial charge on any atom is 0.0825 e. The molecule has 2 atom stereocenters. The molecule has 0 radical (unpaired) electrons. The van der Waals surface area contributed by atoms with Gasteiger partial charge in [0, 0.05) is 5.41 Å². The fourth-order valence-electron chi connectivity index (χ4n) is 1.92. The van der Waals surface area contributed by atoms with Gasteiger partial charge < -0.3 is 10.2 Å². The van der Waals surface area contributed by atoms with E-state index in [2.05, 4.69) is 19.9 Å². The molecule has 0 aliphatic heterocycles. The third kappa shape index (κ3) is 2.12. The van der Waals surface area contributed by atoms with Crippen molar-refractivity contribution in [2.45, 2.75) is 39.7 Å². The summed E-state index contributed by atoms with van der Waals surface area (Å²) in [4.78, 5) is 0. The first kappa shape index (κ1) is 10.7. The number of allylic oxidation sites excluding steroid dienone is 1. The van der Waals surface area contributed by atoms with Gasteiger partial charge in [-0.2, -0.15) is 0 Å². The van der Waals surface area contributed by atoms with Gasteiger partial charge in [-0.1, -0.05) is 26.8 Å². The zero-order valence-electron chi connectivity index (χ0n) is 8.75. The first-order valence-corrected chi connectivity index (χ1v) is 4.99. The van der Waals surface area contributed by atoms with Crippen molar-refractivity contribution in [3.8, 4) is 0 Å². The van der Waals surface area contributed by atoms with Crippen molar-refractivity contribution < 1.29 is 10.2 Å². The Labute approximate surface area is 80.3 Å². The second kappa shape index (κ2) is 3.81. The minimum Gasteiger partial charge on any atom is -0.396 e. The van der Waals surface area contributed by atoms with Crippen molar-refractivity contribution in [3.63, 3.8) is 0 Å². The molecule has 2 heteroatoms. The van der Waals surface area contributed by atoms with E-state index in [-0.39, 0.29) is 12.0 Å². The number of hydrogen-bond acceptors (Lipinski definition) is 2. The molecule has 2 N–H and O–H groups in total. The van der Waals surface area contributed by atoms with E-state index in [4.69, 9.17) is 5.11 Å². The number of aliphatic hydroxyl groups is 2. The molecule has 13 heavy (non-hydrogen) atoms. The Morgan fingerprint density at radius 3 is 2.62 bits per heavy atom. The van der Waals surface area contributed by atoms with Crippen LogP contribution >= 0.6 is 0 Å². The minimum atomic E-state index is -0.445. The number of hydrogen-bond donors (Lipinski definition) is 2. The fraction of sp³-hybridized carbons (Fsp3) is 0.818. The van der Waals surface area contributed by atoms with Crippen molar-refractivity contribution >= 4 is 0 Å². The molecule has 2 nitrogen and oxygen atoms in total. The first-order valence-electron chi connectivity index (χ1n) is 4.99. The van der Waals surface area contributed by atoms with Crippen LogP contribution in [0.3, 0.4) is 0 Å². The maximum absolute atomic E-state index is 9.93. The van der Waals surface area contributed by atoms with Crippen molar-refractivity contribution in [1.29, 1.82) is 0 Å². The van der Waals surface area contributed by atoms with E-state index in [0.29, 0.717) is 5.92 Å². The molecule has 0 saturated heterocycles. The van der Waals surface area contributed by atoms with Crippen molar-refractivity contribution in [2.24, 2.45) is 11.3 Å². The van der Waals surface area contributed by atoms with E-state index < -0.39 is 6.10 Å². The van der Waals surface area contributed by atoms with Crippen molar-refractivity contribution in [1.82, 2.24) is 0 Å².